The summed E-state index contributed by atoms with van der Waals surface area (Å²) in [6.07, 6.45) is 5.17. The predicted molar refractivity (Wildman–Crippen MR) is 123 cm³/mol. The van der Waals surface area contributed by atoms with Crippen molar-refractivity contribution in [2.45, 2.75) is 31.8 Å². The molecule has 5 N–H and O–H groups in total. The molecule has 162 valence electrons. The zero-order chi connectivity index (χ0) is 20.6. The minimum atomic E-state index is 0.145. The Morgan fingerprint density at radius 2 is 1.60 bits per heavy atom. The molecule has 30 heavy (non-hydrogen) atoms. The minimum absolute atomic E-state index is 0.145. The molecule has 6 nitrogen and oxygen atoms in total. The van der Waals surface area contributed by atoms with Gasteiger partial charge < -0.3 is 21.7 Å². The molecule has 0 radical (unpaired) electrons. The Morgan fingerprint density at radius 1 is 0.867 bits per heavy atom. The number of pyridine rings is 1. The van der Waals surface area contributed by atoms with E-state index in [1.54, 1.807) is 0 Å². The summed E-state index contributed by atoms with van der Waals surface area (Å²) in [5.41, 5.74) is 12.6. The fourth-order valence-electron chi connectivity index (χ4n) is 4.66. The van der Waals surface area contributed by atoms with Gasteiger partial charge in [0.05, 0.1) is 11.7 Å². The van der Waals surface area contributed by atoms with Gasteiger partial charge in [0.2, 0.25) is 0 Å². The number of hydrogen-bond donors (Lipinski definition) is 4. The summed E-state index contributed by atoms with van der Waals surface area (Å²) >= 11 is 0. The molecular weight excluding hydrogens is 372 g/mol. The molecule has 1 fully saturated rings. The van der Waals surface area contributed by atoms with E-state index in [0.29, 0.717) is 6.54 Å². The molecule has 1 aliphatic heterocycles. The van der Waals surface area contributed by atoms with Crippen LogP contribution in [0.5, 0.6) is 0 Å². The van der Waals surface area contributed by atoms with E-state index in [4.69, 9.17) is 10.7 Å². The largest absolute Gasteiger partial charge is 0.326 e. The highest BCUT2D eigenvalue weighted by atomic mass is 15.2. The van der Waals surface area contributed by atoms with Crippen LogP contribution in [0.3, 0.4) is 0 Å². The lowest BCUT2D eigenvalue weighted by molar-refractivity contribution is 0.217. The summed E-state index contributed by atoms with van der Waals surface area (Å²) in [4.78, 5) is 7.49. The summed E-state index contributed by atoms with van der Waals surface area (Å²) < 4.78 is 0. The van der Waals surface area contributed by atoms with Crippen LogP contribution in [0.15, 0.2) is 36.5 Å². The number of nitrogens with two attached hydrogens (primary N) is 1. The van der Waals surface area contributed by atoms with E-state index in [-0.39, 0.29) is 6.04 Å². The fourth-order valence-corrected chi connectivity index (χ4v) is 4.66. The molecule has 1 aromatic heterocycles. The summed E-state index contributed by atoms with van der Waals surface area (Å²) in [5.74, 6) is 0. The molecule has 1 saturated heterocycles. The van der Waals surface area contributed by atoms with E-state index in [1.807, 2.05) is 6.20 Å². The molecule has 6 heteroatoms. The van der Waals surface area contributed by atoms with Crippen LogP contribution in [-0.2, 0) is 13.0 Å². The van der Waals surface area contributed by atoms with E-state index in [9.17, 15) is 0 Å². The average molecular weight is 409 g/mol. The van der Waals surface area contributed by atoms with Gasteiger partial charge in [-0.25, -0.2) is 0 Å². The highest BCUT2D eigenvalue weighted by molar-refractivity contribution is 5.43. The number of aromatic nitrogens is 1. The monoisotopic (exact) mass is 408 g/mol. The van der Waals surface area contributed by atoms with Gasteiger partial charge in [0.1, 0.15) is 0 Å². The SMILES string of the molecule is NCc1c2ccnc1C(N1CCCNCCNCCCNCC1)c1ccc(cc1)C2. The molecular formula is C24H36N6. The van der Waals surface area contributed by atoms with E-state index in [2.05, 4.69) is 51.2 Å². The van der Waals surface area contributed by atoms with Gasteiger partial charge in [-0.05, 0) is 67.2 Å². The fraction of sp³-hybridized carbons (Fsp3) is 0.542. The van der Waals surface area contributed by atoms with Crippen LogP contribution in [0.4, 0.5) is 0 Å². The maximum atomic E-state index is 6.26. The first-order chi connectivity index (χ1) is 14.9. The number of benzene rings is 1. The Balaban J connectivity index is 1.63. The van der Waals surface area contributed by atoms with Gasteiger partial charge in [-0.1, -0.05) is 24.3 Å². The lowest BCUT2D eigenvalue weighted by atomic mass is 9.96. The second kappa shape index (κ2) is 11.0. The van der Waals surface area contributed by atoms with Crippen molar-refractivity contribution < 1.29 is 0 Å². The number of hydrogen-bond acceptors (Lipinski definition) is 6. The molecule has 1 unspecified atom stereocenters. The molecule has 5 rings (SSSR count). The predicted octanol–water partition coefficient (Wildman–Crippen LogP) is 1.40. The Bertz CT molecular complexity index is 777. The van der Waals surface area contributed by atoms with Crippen molar-refractivity contribution in [1.82, 2.24) is 25.8 Å². The summed E-state index contributed by atoms with van der Waals surface area (Å²) in [6, 6.07) is 11.4. The molecule has 0 spiro atoms. The van der Waals surface area contributed by atoms with E-state index < -0.39 is 0 Å². The Kier molecular flexibility index (Phi) is 7.83. The molecule has 2 aromatic rings. The van der Waals surface area contributed by atoms with Gasteiger partial charge >= 0.3 is 0 Å². The first kappa shape index (κ1) is 21.4. The maximum absolute atomic E-state index is 6.26. The topological polar surface area (TPSA) is 78.2 Å². The summed E-state index contributed by atoms with van der Waals surface area (Å²) in [7, 11) is 0. The first-order valence-corrected chi connectivity index (χ1v) is 11.5. The van der Waals surface area contributed by atoms with Crippen molar-refractivity contribution >= 4 is 0 Å². The molecule has 1 atom stereocenters. The lowest BCUT2D eigenvalue weighted by Gasteiger charge is -2.33. The van der Waals surface area contributed by atoms with Crippen LogP contribution < -0.4 is 21.7 Å². The van der Waals surface area contributed by atoms with Crippen LogP contribution in [-0.4, -0.2) is 62.2 Å². The first-order valence-electron chi connectivity index (χ1n) is 11.5. The van der Waals surface area contributed by atoms with Crippen molar-refractivity contribution in [3.05, 3.63) is 64.5 Å². The third-order valence-corrected chi connectivity index (χ3v) is 6.26. The quantitative estimate of drug-likeness (QED) is 0.602. The smallest absolute Gasteiger partial charge is 0.0780 e. The molecule has 0 saturated carbocycles. The minimum Gasteiger partial charge on any atom is -0.326 e. The highest BCUT2D eigenvalue weighted by Gasteiger charge is 2.27. The van der Waals surface area contributed by atoms with Crippen molar-refractivity contribution in [2.24, 2.45) is 5.73 Å². The molecule has 1 aromatic carbocycles. The zero-order valence-electron chi connectivity index (χ0n) is 18.0. The third-order valence-electron chi connectivity index (χ3n) is 6.26. The molecule has 0 amide bonds. The maximum Gasteiger partial charge on any atom is 0.0780 e. The number of fused-ring (bicyclic) bond motifs is 2. The van der Waals surface area contributed by atoms with Crippen LogP contribution in [0, 0.1) is 0 Å². The zero-order valence-corrected chi connectivity index (χ0v) is 18.0. The van der Waals surface area contributed by atoms with Crippen LogP contribution in [0.25, 0.3) is 0 Å². The molecule has 2 heterocycles. The second-order valence-electron chi connectivity index (χ2n) is 8.35. The molecule has 3 aliphatic rings. The lowest BCUT2D eigenvalue weighted by Crippen LogP contribution is -2.39. The number of nitrogens with zero attached hydrogens (tertiary/aromatic N) is 2. The van der Waals surface area contributed by atoms with Gasteiger partial charge in [-0.15, -0.1) is 0 Å². The van der Waals surface area contributed by atoms with Crippen LogP contribution in [0.1, 0.15) is 46.8 Å². The van der Waals surface area contributed by atoms with Crippen molar-refractivity contribution in [2.75, 3.05) is 52.4 Å². The normalized spacial score (nSPS) is 22.0. The van der Waals surface area contributed by atoms with Gasteiger partial charge in [0.25, 0.3) is 0 Å². The third kappa shape index (κ3) is 5.25. The van der Waals surface area contributed by atoms with Crippen molar-refractivity contribution in [3.8, 4) is 0 Å². The highest BCUT2D eigenvalue weighted by Crippen LogP contribution is 2.33. The Morgan fingerprint density at radius 3 is 2.37 bits per heavy atom. The van der Waals surface area contributed by atoms with E-state index in [1.165, 1.54) is 22.3 Å². The summed E-state index contributed by atoms with van der Waals surface area (Å²) in [5, 5.41) is 10.7. The Labute approximate surface area is 180 Å². The standard InChI is InChI=1S/C24H36N6/c25-18-22-21-7-11-29-23(22)24(20-5-3-19(17-21)4-6-20)30-15-2-10-27-13-12-26-8-1-9-28-14-16-30/h3-7,11,24,26-28H,1-2,8-10,12-18,25H2. The van der Waals surface area contributed by atoms with Crippen molar-refractivity contribution in [3.63, 3.8) is 0 Å². The van der Waals surface area contributed by atoms with Gasteiger partial charge in [-0.3, -0.25) is 9.88 Å². The number of nitrogens with one attached hydrogen (secondary N) is 3. The van der Waals surface area contributed by atoms with E-state index >= 15 is 0 Å². The van der Waals surface area contributed by atoms with Crippen molar-refractivity contribution in [1.29, 1.82) is 0 Å². The Hall–Kier alpha value is -1.83. The molecule has 2 aliphatic carbocycles. The van der Waals surface area contributed by atoms with Gasteiger partial charge in [0.15, 0.2) is 0 Å². The van der Waals surface area contributed by atoms with Crippen LogP contribution >= 0.6 is 0 Å². The van der Waals surface area contributed by atoms with Gasteiger partial charge in [0, 0.05) is 45.5 Å². The average Bonchev–Trinajstić information content (AvgIpc) is 2.82. The molecule has 4 bridgehead atoms. The second-order valence-corrected chi connectivity index (χ2v) is 8.35. The van der Waals surface area contributed by atoms with E-state index in [0.717, 1.165) is 77.3 Å². The van der Waals surface area contributed by atoms with Gasteiger partial charge in [-0.2, -0.15) is 0 Å². The number of rotatable bonds is 2. The van der Waals surface area contributed by atoms with Crippen LogP contribution in [0.2, 0.25) is 0 Å². The summed E-state index contributed by atoms with van der Waals surface area (Å²) in [6.45, 7) is 8.78.